The summed E-state index contributed by atoms with van der Waals surface area (Å²) in [5, 5.41) is 4.69. The minimum atomic E-state index is -3.95. The predicted octanol–water partition coefficient (Wildman–Crippen LogP) is 3.40. The highest BCUT2D eigenvalue weighted by molar-refractivity contribution is 7.89. The van der Waals surface area contributed by atoms with Crippen molar-refractivity contribution in [1.82, 2.24) is 4.41 Å². The lowest BCUT2D eigenvalue weighted by Gasteiger charge is -2.27. The average Bonchev–Trinajstić information content (AvgIpc) is 2.80. The molecular formula is C18H17ClN2O3S. The maximum absolute atomic E-state index is 13.0. The molecule has 0 saturated carbocycles. The zero-order valence-electron chi connectivity index (χ0n) is 14.0. The van der Waals surface area contributed by atoms with Crippen LogP contribution < -0.4 is 0 Å². The Morgan fingerprint density at radius 1 is 1.00 bits per heavy atom. The number of carbonyl (C=O) groups excluding carboxylic acids is 1. The lowest BCUT2D eigenvalue weighted by Crippen LogP contribution is -2.46. The number of sulfonamides is 1. The first-order valence-electron chi connectivity index (χ1n) is 7.65. The number of hydrogen-bond acceptors (Lipinski definition) is 4. The van der Waals surface area contributed by atoms with Crippen molar-refractivity contribution in [2.24, 2.45) is 5.10 Å². The Balaban J connectivity index is 2.09. The standard InChI is InChI=1S/C18H17ClN2O3S/c1-12-4-10-15(11-5-12)25(23,24)21-18(2,3)17(22)16(20-21)13-6-8-14(19)9-7-13/h4-11H,1-3H3. The van der Waals surface area contributed by atoms with Gasteiger partial charge in [-0.1, -0.05) is 41.4 Å². The molecule has 0 amide bonds. The van der Waals surface area contributed by atoms with E-state index in [-0.39, 0.29) is 16.4 Å². The molecule has 1 aliphatic rings. The summed E-state index contributed by atoms with van der Waals surface area (Å²) in [6, 6.07) is 13.0. The third kappa shape index (κ3) is 2.96. The van der Waals surface area contributed by atoms with Crippen molar-refractivity contribution in [3.05, 3.63) is 64.7 Å². The van der Waals surface area contributed by atoms with E-state index in [1.54, 1.807) is 50.2 Å². The average molecular weight is 377 g/mol. The number of hydrogen-bond donors (Lipinski definition) is 0. The summed E-state index contributed by atoms with van der Waals surface area (Å²) in [6.45, 7) is 4.97. The molecule has 25 heavy (non-hydrogen) atoms. The van der Waals surface area contributed by atoms with E-state index in [0.29, 0.717) is 10.6 Å². The van der Waals surface area contributed by atoms with Crippen LogP contribution in [0.15, 0.2) is 58.5 Å². The number of carbonyl (C=O) groups is 1. The zero-order valence-corrected chi connectivity index (χ0v) is 15.6. The van der Waals surface area contributed by atoms with Crippen LogP contribution in [0.1, 0.15) is 25.0 Å². The van der Waals surface area contributed by atoms with E-state index in [9.17, 15) is 13.2 Å². The van der Waals surface area contributed by atoms with Gasteiger partial charge in [0.05, 0.1) is 4.90 Å². The highest BCUT2D eigenvalue weighted by Gasteiger charge is 2.49. The largest absolute Gasteiger partial charge is 0.290 e. The number of benzene rings is 2. The molecular weight excluding hydrogens is 360 g/mol. The molecule has 0 aromatic heterocycles. The number of nitrogens with zero attached hydrogens (tertiary/aromatic N) is 2. The highest BCUT2D eigenvalue weighted by Crippen LogP contribution is 2.32. The van der Waals surface area contributed by atoms with Gasteiger partial charge in [-0.2, -0.15) is 17.9 Å². The Labute approximate surface area is 152 Å². The number of rotatable bonds is 3. The molecule has 0 atom stereocenters. The summed E-state index contributed by atoms with van der Waals surface area (Å²) in [5.41, 5.74) is 0.279. The molecule has 3 rings (SSSR count). The van der Waals surface area contributed by atoms with Gasteiger partial charge in [0.1, 0.15) is 11.3 Å². The van der Waals surface area contributed by atoms with Gasteiger partial charge < -0.3 is 0 Å². The first-order valence-corrected chi connectivity index (χ1v) is 9.47. The van der Waals surface area contributed by atoms with E-state index < -0.39 is 15.6 Å². The number of halogens is 1. The van der Waals surface area contributed by atoms with Crippen molar-refractivity contribution in [1.29, 1.82) is 0 Å². The van der Waals surface area contributed by atoms with Gasteiger partial charge in [-0.15, -0.1) is 0 Å². The van der Waals surface area contributed by atoms with Gasteiger partial charge >= 0.3 is 0 Å². The zero-order chi connectivity index (χ0) is 18.4. The molecule has 0 spiro atoms. The SMILES string of the molecule is Cc1ccc(S(=O)(=O)N2N=C(c3ccc(Cl)cc3)C(=O)C2(C)C)cc1. The molecule has 1 heterocycles. The van der Waals surface area contributed by atoms with Crippen LogP contribution in [0.4, 0.5) is 0 Å². The van der Waals surface area contributed by atoms with Gasteiger partial charge in [-0.05, 0) is 45.0 Å². The molecule has 0 bridgehead atoms. The second kappa shape index (κ2) is 5.97. The van der Waals surface area contributed by atoms with Crippen molar-refractivity contribution < 1.29 is 13.2 Å². The van der Waals surface area contributed by atoms with Gasteiger partial charge in [-0.25, -0.2) is 0 Å². The van der Waals surface area contributed by atoms with E-state index in [1.807, 2.05) is 6.92 Å². The van der Waals surface area contributed by atoms with Crippen LogP contribution in [-0.4, -0.2) is 29.9 Å². The van der Waals surface area contributed by atoms with E-state index in [1.165, 1.54) is 12.1 Å². The third-order valence-corrected chi connectivity index (χ3v) is 6.22. The molecule has 5 nitrogen and oxygen atoms in total. The van der Waals surface area contributed by atoms with Crippen LogP contribution >= 0.6 is 11.6 Å². The van der Waals surface area contributed by atoms with Crippen LogP contribution in [-0.2, 0) is 14.8 Å². The lowest BCUT2D eigenvalue weighted by molar-refractivity contribution is -0.118. The van der Waals surface area contributed by atoms with Crippen LogP contribution in [0, 0.1) is 6.92 Å². The third-order valence-electron chi connectivity index (χ3n) is 4.10. The van der Waals surface area contributed by atoms with E-state index >= 15 is 0 Å². The monoisotopic (exact) mass is 376 g/mol. The van der Waals surface area contributed by atoms with Gasteiger partial charge in [0.2, 0.25) is 5.78 Å². The van der Waals surface area contributed by atoms with Crippen molar-refractivity contribution in [3.63, 3.8) is 0 Å². The topological polar surface area (TPSA) is 66.8 Å². The normalized spacial score (nSPS) is 16.9. The molecule has 0 radical (unpaired) electrons. The van der Waals surface area contributed by atoms with Crippen LogP contribution in [0.25, 0.3) is 0 Å². The van der Waals surface area contributed by atoms with Crippen LogP contribution in [0.5, 0.6) is 0 Å². The smallest absolute Gasteiger partial charge is 0.279 e. The quantitative estimate of drug-likeness (QED) is 0.824. The molecule has 7 heteroatoms. The minimum Gasteiger partial charge on any atom is -0.290 e. The van der Waals surface area contributed by atoms with E-state index in [2.05, 4.69) is 5.10 Å². The van der Waals surface area contributed by atoms with Crippen LogP contribution in [0.3, 0.4) is 0 Å². The fourth-order valence-electron chi connectivity index (χ4n) is 2.60. The van der Waals surface area contributed by atoms with Gasteiger partial charge in [0.25, 0.3) is 10.0 Å². The Morgan fingerprint density at radius 2 is 1.56 bits per heavy atom. The Hall–Kier alpha value is -2.18. The first kappa shape index (κ1) is 17.6. The van der Waals surface area contributed by atoms with Gasteiger partial charge in [-0.3, -0.25) is 4.79 Å². The second-order valence-corrected chi connectivity index (χ2v) is 8.61. The van der Waals surface area contributed by atoms with Gasteiger partial charge in [0, 0.05) is 10.6 Å². The molecule has 1 aliphatic heterocycles. The lowest BCUT2D eigenvalue weighted by atomic mass is 9.94. The van der Waals surface area contributed by atoms with Crippen molar-refractivity contribution in [2.45, 2.75) is 31.2 Å². The molecule has 2 aromatic carbocycles. The van der Waals surface area contributed by atoms with E-state index in [4.69, 9.17) is 11.6 Å². The Bertz CT molecular complexity index is 962. The maximum atomic E-state index is 13.0. The summed E-state index contributed by atoms with van der Waals surface area (Å²) in [4.78, 5) is 12.9. The molecule has 0 saturated heterocycles. The molecule has 2 aromatic rings. The summed E-state index contributed by atoms with van der Waals surface area (Å²) >= 11 is 5.87. The van der Waals surface area contributed by atoms with Crippen LogP contribution in [0.2, 0.25) is 5.02 Å². The second-order valence-electron chi connectivity index (χ2n) is 6.40. The first-order chi connectivity index (χ1) is 11.6. The highest BCUT2D eigenvalue weighted by atomic mass is 35.5. The summed E-state index contributed by atoms with van der Waals surface area (Å²) in [5.74, 6) is -0.356. The number of ketones is 1. The fourth-order valence-corrected chi connectivity index (χ4v) is 4.28. The fraction of sp³-hybridized carbons (Fsp3) is 0.222. The summed E-state index contributed by atoms with van der Waals surface area (Å²) in [7, 11) is -3.95. The Kier molecular flexibility index (Phi) is 4.21. The molecule has 0 unspecified atom stereocenters. The molecule has 0 aliphatic carbocycles. The molecule has 0 N–H and O–H groups in total. The predicted molar refractivity (Wildman–Crippen MR) is 97.3 cm³/mol. The maximum Gasteiger partial charge on any atom is 0.279 e. The molecule has 130 valence electrons. The number of Topliss-reactive ketones (excluding diaryl/α,β-unsaturated/α-hetero) is 1. The van der Waals surface area contributed by atoms with Crippen molar-refractivity contribution in [2.75, 3.05) is 0 Å². The number of hydrazone groups is 1. The van der Waals surface area contributed by atoms with E-state index in [0.717, 1.165) is 9.98 Å². The van der Waals surface area contributed by atoms with Crippen molar-refractivity contribution in [3.8, 4) is 0 Å². The number of aryl methyl sites for hydroxylation is 1. The van der Waals surface area contributed by atoms with Gasteiger partial charge in [0.15, 0.2) is 0 Å². The Morgan fingerprint density at radius 3 is 2.12 bits per heavy atom. The summed E-state index contributed by atoms with van der Waals surface area (Å²) in [6.07, 6.45) is 0. The summed E-state index contributed by atoms with van der Waals surface area (Å²) < 4.78 is 26.9. The molecule has 0 fully saturated rings. The van der Waals surface area contributed by atoms with Crippen molar-refractivity contribution >= 4 is 33.1 Å². The minimum absolute atomic E-state index is 0.0973.